The monoisotopic (exact) mass is 339 g/mol. The van der Waals surface area contributed by atoms with Crippen molar-refractivity contribution in [2.45, 2.75) is 0 Å². The zero-order valence-electron chi connectivity index (χ0n) is 12.8. The summed E-state index contributed by atoms with van der Waals surface area (Å²) in [5.74, 6) is -0.178. The zero-order valence-corrected chi connectivity index (χ0v) is 13.5. The van der Waals surface area contributed by atoms with E-state index in [-0.39, 0.29) is 10.6 Å². The first-order chi connectivity index (χ1) is 11.0. The maximum Gasteiger partial charge on any atom is 0.258 e. The van der Waals surface area contributed by atoms with Crippen molar-refractivity contribution in [2.24, 2.45) is 0 Å². The van der Waals surface area contributed by atoms with Crippen LogP contribution in [0.1, 0.15) is 10.4 Å². The molecule has 23 heavy (non-hydrogen) atoms. The van der Waals surface area contributed by atoms with Crippen molar-refractivity contribution < 1.29 is 23.4 Å². The van der Waals surface area contributed by atoms with E-state index < -0.39 is 11.7 Å². The van der Waals surface area contributed by atoms with Gasteiger partial charge in [0.15, 0.2) is 11.5 Å². The maximum atomic E-state index is 13.7. The lowest BCUT2D eigenvalue weighted by Gasteiger charge is -2.14. The topological polar surface area (TPSA) is 56.8 Å². The summed E-state index contributed by atoms with van der Waals surface area (Å²) < 4.78 is 29.3. The van der Waals surface area contributed by atoms with Crippen LogP contribution in [0.4, 0.5) is 10.1 Å². The average molecular weight is 340 g/mol. The molecule has 0 aliphatic rings. The van der Waals surface area contributed by atoms with Crippen LogP contribution < -0.4 is 19.5 Å². The van der Waals surface area contributed by atoms with Crippen molar-refractivity contribution in [3.05, 3.63) is 46.7 Å². The quantitative estimate of drug-likeness (QED) is 0.901. The first-order valence-electron chi connectivity index (χ1n) is 6.56. The lowest BCUT2D eigenvalue weighted by Crippen LogP contribution is -2.14. The molecule has 0 fully saturated rings. The first kappa shape index (κ1) is 16.9. The summed E-state index contributed by atoms with van der Waals surface area (Å²) in [7, 11) is 4.39. The van der Waals surface area contributed by atoms with Crippen LogP contribution in [0.15, 0.2) is 30.3 Å². The van der Waals surface area contributed by atoms with E-state index in [1.165, 1.54) is 33.5 Å². The molecule has 0 spiro atoms. The van der Waals surface area contributed by atoms with Gasteiger partial charge in [-0.15, -0.1) is 0 Å². The molecule has 0 aliphatic carbocycles. The number of carbonyl (C=O) groups is 1. The molecule has 2 rings (SSSR count). The fraction of sp³-hybridized carbons (Fsp3) is 0.188. The highest BCUT2D eigenvalue weighted by Gasteiger charge is 2.17. The second-order valence-electron chi connectivity index (χ2n) is 4.49. The number of benzene rings is 2. The van der Waals surface area contributed by atoms with Crippen molar-refractivity contribution in [1.29, 1.82) is 0 Å². The molecule has 0 unspecified atom stereocenters. The summed E-state index contributed by atoms with van der Waals surface area (Å²) in [5.41, 5.74) is 0.204. The number of methoxy groups -OCH3 is 3. The molecule has 1 amide bonds. The minimum Gasteiger partial charge on any atom is -0.493 e. The van der Waals surface area contributed by atoms with Gasteiger partial charge in [0.25, 0.3) is 5.91 Å². The van der Waals surface area contributed by atoms with E-state index in [1.54, 1.807) is 12.1 Å². The Morgan fingerprint density at radius 2 is 1.65 bits per heavy atom. The van der Waals surface area contributed by atoms with Gasteiger partial charge in [0.2, 0.25) is 5.75 Å². The molecular formula is C16H15ClFNO4. The van der Waals surface area contributed by atoms with Gasteiger partial charge in [0, 0.05) is 22.8 Å². The van der Waals surface area contributed by atoms with E-state index >= 15 is 0 Å². The largest absolute Gasteiger partial charge is 0.493 e. The summed E-state index contributed by atoms with van der Waals surface area (Å²) in [6, 6.07) is 6.84. The smallest absolute Gasteiger partial charge is 0.258 e. The van der Waals surface area contributed by atoms with E-state index in [0.717, 1.165) is 6.07 Å². The molecule has 7 heteroatoms. The van der Waals surface area contributed by atoms with Crippen molar-refractivity contribution in [3.63, 3.8) is 0 Å². The van der Waals surface area contributed by atoms with Crippen molar-refractivity contribution in [1.82, 2.24) is 0 Å². The van der Waals surface area contributed by atoms with Gasteiger partial charge >= 0.3 is 0 Å². The van der Waals surface area contributed by atoms with Gasteiger partial charge in [-0.1, -0.05) is 11.6 Å². The lowest BCUT2D eigenvalue weighted by molar-refractivity contribution is 0.102. The van der Waals surface area contributed by atoms with Crippen LogP contribution in [0.2, 0.25) is 5.02 Å². The highest BCUT2D eigenvalue weighted by molar-refractivity contribution is 6.31. The second kappa shape index (κ2) is 7.19. The molecule has 0 radical (unpaired) electrons. The van der Waals surface area contributed by atoms with Crippen molar-refractivity contribution >= 4 is 23.2 Å². The number of rotatable bonds is 5. The summed E-state index contributed by atoms with van der Waals surface area (Å²) in [6.07, 6.45) is 0. The van der Waals surface area contributed by atoms with Crippen LogP contribution >= 0.6 is 11.6 Å². The number of amides is 1. The van der Waals surface area contributed by atoms with Gasteiger partial charge in [-0.05, 0) is 18.2 Å². The molecule has 122 valence electrons. The Labute approximate surface area is 137 Å². The Morgan fingerprint density at radius 1 is 1.04 bits per heavy atom. The van der Waals surface area contributed by atoms with E-state index in [2.05, 4.69) is 5.32 Å². The van der Waals surface area contributed by atoms with Crippen LogP contribution in [0.3, 0.4) is 0 Å². The number of ether oxygens (including phenoxy) is 3. The Hall–Kier alpha value is -2.47. The highest BCUT2D eigenvalue weighted by atomic mass is 35.5. The normalized spacial score (nSPS) is 10.1. The Kier molecular flexibility index (Phi) is 5.28. The van der Waals surface area contributed by atoms with Gasteiger partial charge < -0.3 is 19.5 Å². The number of hydrogen-bond donors (Lipinski definition) is 1. The molecular weight excluding hydrogens is 325 g/mol. The lowest BCUT2D eigenvalue weighted by atomic mass is 10.2. The number of carbonyl (C=O) groups excluding carboxylic acids is 1. The van der Waals surface area contributed by atoms with Gasteiger partial charge in [0.05, 0.1) is 26.9 Å². The average Bonchev–Trinajstić information content (AvgIpc) is 2.55. The predicted octanol–water partition coefficient (Wildman–Crippen LogP) is 3.76. The molecule has 2 aromatic carbocycles. The third-order valence-corrected chi connectivity index (χ3v) is 3.33. The molecule has 0 saturated carbocycles. The van der Waals surface area contributed by atoms with Crippen LogP contribution in [0, 0.1) is 5.82 Å². The summed E-state index contributed by atoms with van der Waals surface area (Å²) in [4.78, 5) is 12.2. The molecule has 0 aliphatic heterocycles. The minimum absolute atomic E-state index is 0.161. The summed E-state index contributed by atoms with van der Waals surface area (Å²) in [5, 5.41) is 2.84. The number of halogens is 2. The highest BCUT2D eigenvalue weighted by Crippen LogP contribution is 2.40. The molecule has 2 aromatic rings. The SMILES string of the molecule is COc1cc(NC(=O)c2cc(Cl)ccc2F)cc(OC)c1OC. The summed E-state index contributed by atoms with van der Waals surface area (Å²) in [6.45, 7) is 0. The molecule has 5 nitrogen and oxygen atoms in total. The van der Waals surface area contributed by atoms with Gasteiger partial charge in [-0.2, -0.15) is 0 Å². The number of anilines is 1. The molecule has 0 aromatic heterocycles. The molecule has 0 bridgehead atoms. The molecule has 0 saturated heterocycles. The Morgan fingerprint density at radius 3 is 2.17 bits per heavy atom. The van der Waals surface area contributed by atoms with Gasteiger partial charge in [-0.25, -0.2) is 4.39 Å². The minimum atomic E-state index is -0.667. The Bertz CT molecular complexity index is 711. The van der Waals surface area contributed by atoms with Gasteiger partial charge in [0.1, 0.15) is 5.82 Å². The molecule has 0 atom stereocenters. The second-order valence-corrected chi connectivity index (χ2v) is 4.93. The number of nitrogens with one attached hydrogen (secondary N) is 1. The van der Waals surface area contributed by atoms with Crippen LogP contribution in [-0.2, 0) is 0 Å². The van der Waals surface area contributed by atoms with E-state index in [0.29, 0.717) is 22.9 Å². The third kappa shape index (κ3) is 3.65. The standard InChI is InChI=1S/C16H15ClFNO4/c1-21-13-7-10(8-14(22-2)15(13)23-3)19-16(20)11-6-9(17)4-5-12(11)18/h4-8H,1-3H3,(H,19,20). The predicted molar refractivity (Wildman–Crippen MR) is 85.5 cm³/mol. The third-order valence-electron chi connectivity index (χ3n) is 3.10. The van der Waals surface area contributed by atoms with E-state index in [9.17, 15) is 9.18 Å². The van der Waals surface area contributed by atoms with Crippen LogP contribution in [0.25, 0.3) is 0 Å². The van der Waals surface area contributed by atoms with E-state index in [4.69, 9.17) is 25.8 Å². The maximum absolute atomic E-state index is 13.7. The van der Waals surface area contributed by atoms with Crippen molar-refractivity contribution in [2.75, 3.05) is 26.6 Å². The van der Waals surface area contributed by atoms with E-state index in [1.807, 2.05) is 0 Å². The van der Waals surface area contributed by atoms with Crippen LogP contribution in [-0.4, -0.2) is 27.2 Å². The summed E-state index contributed by atoms with van der Waals surface area (Å²) >= 11 is 5.80. The van der Waals surface area contributed by atoms with Gasteiger partial charge in [-0.3, -0.25) is 4.79 Å². The Balaban J connectivity index is 2.36. The fourth-order valence-corrected chi connectivity index (χ4v) is 2.20. The van der Waals surface area contributed by atoms with Crippen molar-refractivity contribution in [3.8, 4) is 17.2 Å². The number of hydrogen-bond acceptors (Lipinski definition) is 4. The first-order valence-corrected chi connectivity index (χ1v) is 6.94. The fourth-order valence-electron chi connectivity index (χ4n) is 2.02. The molecule has 0 heterocycles. The zero-order chi connectivity index (χ0) is 17.0. The molecule has 1 N–H and O–H groups in total. The van der Waals surface area contributed by atoms with Crippen LogP contribution in [0.5, 0.6) is 17.2 Å².